The molecule has 0 saturated carbocycles. The minimum absolute atomic E-state index is 0.146. The molecule has 0 aliphatic carbocycles. The Labute approximate surface area is 103 Å². The Bertz CT molecular complexity index is 368. The first kappa shape index (κ1) is 12.8. The van der Waals surface area contributed by atoms with E-state index >= 15 is 0 Å². The van der Waals surface area contributed by atoms with Crippen LogP contribution in [0.4, 0.5) is 5.69 Å². The van der Waals surface area contributed by atoms with E-state index < -0.39 is 0 Å². The van der Waals surface area contributed by atoms with Crippen molar-refractivity contribution >= 4 is 27.6 Å². The van der Waals surface area contributed by atoms with E-state index in [0.717, 1.165) is 15.9 Å². The summed E-state index contributed by atoms with van der Waals surface area (Å²) in [5, 5.41) is 2.96. The smallest absolute Gasteiger partial charge is 0.325 e. The van der Waals surface area contributed by atoms with E-state index in [1.165, 1.54) is 0 Å². The minimum atomic E-state index is -0.276. The highest BCUT2D eigenvalue weighted by Crippen LogP contribution is 2.24. The number of hydrogen-bond donors (Lipinski definition) is 1. The molecule has 0 atom stereocenters. The van der Waals surface area contributed by atoms with Crippen molar-refractivity contribution in [3.8, 4) is 5.75 Å². The van der Waals surface area contributed by atoms with Crippen LogP contribution in [-0.4, -0.2) is 26.2 Å². The first-order valence-electron chi connectivity index (χ1n) is 4.89. The lowest BCUT2D eigenvalue weighted by molar-refractivity contribution is -0.140. The van der Waals surface area contributed by atoms with Crippen LogP contribution in [0.1, 0.15) is 6.92 Å². The number of nitrogens with one attached hydrogen (secondary N) is 1. The van der Waals surface area contributed by atoms with Crippen molar-refractivity contribution in [3.63, 3.8) is 0 Å². The van der Waals surface area contributed by atoms with Gasteiger partial charge in [0.15, 0.2) is 0 Å². The van der Waals surface area contributed by atoms with Crippen LogP contribution in [0.5, 0.6) is 5.75 Å². The largest absolute Gasteiger partial charge is 0.497 e. The van der Waals surface area contributed by atoms with Gasteiger partial charge in [0.05, 0.1) is 13.7 Å². The molecule has 0 fully saturated rings. The fraction of sp³-hybridized carbons (Fsp3) is 0.364. The van der Waals surface area contributed by atoms with Gasteiger partial charge in [-0.3, -0.25) is 4.79 Å². The molecule has 0 aliphatic rings. The number of carbonyl (C=O) groups excluding carboxylic acids is 1. The number of anilines is 1. The average molecular weight is 288 g/mol. The van der Waals surface area contributed by atoms with Gasteiger partial charge in [-0.05, 0) is 19.1 Å². The Balaban J connectivity index is 2.59. The molecule has 4 nitrogen and oxygen atoms in total. The highest BCUT2D eigenvalue weighted by Gasteiger charge is 2.03. The lowest BCUT2D eigenvalue weighted by Crippen LogP contribution is -2.16. The Hall–Kier alpha value is -1.23. The number of methoxy groups -OCH3 is 1. The molecule has 0 saturated heterocycles. The summed E-state index contributed by atoms with van der Waals surface area (Å²) >= 11 is 3.36. The summed E-state index contributed by atoms with van der Waals surface area (Å²) < 4.78 is 10.8. The second-order valence-corrected chi connectivity index (χ2v) is 3.95. The minimum Gasteiger partial charge on any atom is -0.497 e. The maximum absolute atomic E-state index is 11.1. The first-order valence-corrected chi connectivity index (χ1v) is 5.69. The maximum Gasteiger partial charge on any atom is 0.325 e. The Morgan fingerprint density at radius 3 is 2.81 bits per heavy atom. The van der Waals surface area contributed by atoms with Crippen molar-refractivity contribution in [1.82, 2.24) is 0 Å². The van der Waals surface area contributed by atoms with Crippen LogP contribution in [0, 0.1) is 0 Å². The molecule has 1 aromatic carbocycles. The van der Waals surface area contributed by atoms with Gasteiger partial charge in [-0.1, -0.05) is 15.9 Å². The standard InChI is InChI=1S/C11H14BrNO3/c1-3-16-11(14)7-13-9-4-8(12)5-10(6-9)15-2/h4-6,13H,3,7H2,1-2H3. The number of rotatable bonds is 5. The summed E-state index contributed by atoms with van der Waals surface area (Å²) in [6.07, 6.45) is 0. The van der Waals surface area contributed by atoms with Gasteiger partial charge in [-0.25, -0.2) is 0 Å². The maximum atomic E-state index is 11.1. The monoisotopic (exact) mass is 287 g/mol. The topological polar surface area (TPSA) is 47.6 Å². The van der Waals surface area contributed by atoms with Gasteiger partial charge >= 0.3 is 5.97 Å². The van der Waals surface area contributed by atoms with Crippen molar-refractivity contribution in [2.45, 2.75) is 6.92 Å². The number of halogens is 1. The van der Waals surface area contributed by atoms with E-state index in [2.05, 4.69) is 21.2 Å². The van der Waals surface area contributed by atoms with Gasteiger partial charge in [-0.15, -0.1) is 0 Å². The van der Waals surface area contributed by atoms with Crippen LogP contribution in [0.3, 0.4) is 0 Å². The Morgan fingerprint density at radius 1 is 1.44 bits per heavy atom. The second-order valence-electron chi connectivity index (χ2n) is 3.04. The van der Waals surface area contributed by atoms with Gasteiger partial charge in [0.1, 0.15) is 12.3 Å². The van der Waals surface area contributed by atoms with Crippen molar-refractivity contribution < 1.29 is 14.3 Å². The van der Waals surface area contributed by atoms with E-state index in [4.69, 9.17) is 9.47 Å². The fourth-order valence-corrected chi connectivity index (χ4v) is 1.64. The second kappa shape index (κ2) is 6.37. The molecule has 1 aromatic rings. The molecule has 1 N–H and O–H groups in total. The van der Waals surface area contributed by atoms with E-state index in [9.17, 15) is 4.79 Å². The molecule has 0 aromatic heterocycles. The molecule has 16 heavy (non-hydrogen) atoms. The zero-order chi connectivity index (χ0) is 12.0. The molecule has 0 aliphatic heterocycles. The van der Waals surface area contributed by atoms with Gasteiger partial charge in [0.25, 0.3) is 0 Å². The number of ether oxygens (including phenoxy) is 2. The number of esters is 1. The molecule has 88 valence electrons. The summed E-state index contributed by atoms with van der Waals surface area (Å²) in [6.45, 7) is 2.32. The molecule has 5 heteroatoms. The molecule has 0 unspecified atom stereocenters. The van der Waals surface area contributed by atoms with E-state index in [1.54, 1.807) is 14.0 Å². The summed E-state index contributed by atoms with van der Waals surface area (Å²) in [6, 6.07) is 5.52. The molecule has 0 spiro atoms. The van der Waals surface area contributed by atoms with Gasteiger partial charge in [-0.2, -0.15) is 0 Å². The zero-order valence-electron chi connectivity index (χ0n) is 9.25. The Morgan fingerprint density at radius 2 is 2.19 bits per heavy atom. The van der Waals surface area contributed by atoms with Gasteiger partial charge < -0.3 is 14.8 Å². The average Bonchev–Trinajstić information content (AvgIpc) is 2.26. The Kier molecular flexibility index (Phi) is 5.11. The van der Waals surface area contributed by atoms with E-state index in [-0.39, 0.29) is 12.5 Å². The molecule has 0 heterocycles. The lowest BCUT2D eigenvalue weighted by atomic mass is 10.3. The van der Waals surface area contributed by atoms with Crippen molar-refractivity contribution in [2.24, 2.45) is 0 Å². The van der Waals surface area contributed by atoms with Crippen LogP contribution < -0.4 is 10.1 Å². The summed E-state index contributed by atoms with van der Waals surface area (Å²) in [5.41, 5.74) is 0.805. The zero-order valence-corrected chi connectivity index (χ0v) is 10.8. The lowest BCUT2D eigenvalue weighted by Gasteiger charge is -2.08. The molecule has 1 rings (SSSR count). The highest BCUT2D eigenvalue weighted by atomic mass is 79.9. The van der Waals surface area contributed by atoms with E-state index in [0.29, 0.717) is 6.61 Å². The third-order valence-electron chi connectivity index (χ3n) is 1.85. The van der Waals surface area contributed by atoms with E-state index in [1.807, 2.05) is 18.2 Å². The molecular formula is C11H14BrNO3. The summed E-state index contributed by atoms with van der Waals surface area (Å²) in [4.78, 5) is 11.1. The third-order valence-corrected chi connectivity index (χ3v) is 2.31. The van der Waals surface area contributed by atoms with Crippen LogP contribution in [-0.2, 0) is 9.53 Å². The van der Waals surface area contributed by atoms with Gasteiger partial charge in [0, 0.05) is 16.2 Å². The molecule has 0 radical (unpaired) electrons. The first-order chi connectivity index (χ1) is 7.65. The number of benzene rings is 1. The van der Waals surface area contributed by atoms with Crippen LogP contribution in [0.15, 0.2) is 22.7 Å². The van der Waals surface area contributed by atoms with Crippen molar-refractivity contribution in [3.05, 3.63) is 22.7 Å². The molecule has 0 amide bonds. The summed E-state index contributed by atoms with van der Waals surface area (Å²) in [7, 11) is 1.59. The molecular weight excluding hydrogens is 274 g/mol. The van der Waals surface area contributed by atoms with Crippen LogP contribution in [0.2, 0.25) is 0 Å². The highest BCUT2D eigenvalue weighted by molar-refractivity contribution is 9.10. The van der Waals surface area contributed by atoms with Crippen LogP contribution >= 0.6 is 15.9 Å². The molecule has 0 bridgehead atoms. The van der Waals surface area contributed by atoms with Crippen LogP contribution in [0.25, 0.3) is 0 Å². The van der Waals surface area contributed by atoms with Crippen molar-refractivity contribution in [1.29, 1.82) is 0 Å². The quantitative estimate of drug-likeness (QED) is 0.845. The summed E-state index contributed by atoms with van der Waals surface area (Å²) in [5.74, 6) is 0.446. The third kappa shape index (κ3) is 4.10. The number of carbonyl (C=O) groups is 1. The van der Waals surface area contributed by atoms with Crippen molar-refractivity contribution in [2.75, 3.05) is 25.6 Å². The normalized spacial score (nSPS) is 9.69. The van der Waals surface area contributed by atoms with Gasteiger partial charge in [0.2, 0.25) is 0 Å². The fourth-order valence-electron chi connectivity index (χ4n) is 1.17. The SMILES string of the molecule is CCOC(=O)CNc1cc(Br)cc(OC)c1. The predicted octanol–water partition coefficient (Wildman–Crippen LogP) is 2.43. The predicted molar refractivity (Wildman–Crippen MR) is 65.8 cm³/mol. The number of hydrogen-bond acceptors (Lipinski definition) is 4.